The van der Waals surface area contributed by atoms with Crippen LogP contribution < -0.4 is 0 Å². The molecule has 8 atom stereocenters. The van der Waals surface area contributed by atoms with Gasteiger partial charge in [-0.3, -0.25) is 9.59 Å². The third-order valence-corrected chi connectivity index (χ3v) is 16.1. The number of ether oxygens (including phenoxy) is 1. The molecule has 4 rings (SSSR count). The molecule has 5 nitrogen and oxygen atoms in total. The van der Waals surface area contributed by atoms with E-state index in [-0.39, 0.29) is 35.4 Å². The van der Waals surface area contributed by atoms with Crippen LogP contribution in [0.4, 0.5) is 0 Å². The van der Waals surface area contributed by atoms with E-state index in [4.69, 9.17) is 14.3 Å². The van der Waals surface area contributed by atoms with Gasteiger partial charge < -0.3 is 14.3 Å². The monoisotopic (exact) mass is 506 g/mol. The number of hydrogen-bond acceptors (Lipinski definition) is 4. The van der Waals surface area contributed by atoms with Crippen LogP contribution >= 0.6 is 0 Å². The first kappa shape index (κ1) is 27.2. The van der Waals surface area contributed by atoms with Crippen molar-refractivity contribution in [1.29, 1.82) is 0 Å². The molecule has 4 aliphatic carbocycles. The predicted molar refractivity (Wildman–Crippen MR) is 141 cm³/mol. The molecule has 0 radical (unpaired) electrons. The van der Waals surface area contributed by atoms with Crippen molar-refractivity contribution in [2.75, 3.05) is 0 Å². The molecule has 0 amide bonds. The molecule has 200 valence electrons. The first-order valence-electron chi connectivity index (χ1n) is 14.3. The van der Waals surface area contributed by atoms with Crippen LogP contribution in [-0.2, 0) is 18.8 Å². The lowest BCUT2D eigenvalue weighted by Crippen LogP contribution is -2.55. The maximum Gasteiger partial charge on any atom is 0.306 e. The van der Waals surface area contributed by atoms with Crippen LogP contribution in [-0.4, -0.2) is 37.6 Å². The second-order valence-electron chi connectivity index (χ2n) is 14.4. The second-order valence-corrected chi connectivity index (χ2v) is 19.2. The van der Waals surface area contributed by atoms with Crippen LogP contribution in [0.1, 0.15) is 105 Å². The van der Waals surface area contributed by atoms with E-state index in [0.717, 1.165) is 37.0 Å². The molecule has 0 bridgehead atoms. The number of hydrogen-bond donors (Lipinski definition) is 1. The van der Waals surface area contributed by atoms with Gasteiger partial charge in [-0.25, -0.2) is 0 Å². The van der Waals surface area contributed by atoms with Crippen molar-refractivity contribution in [3.8, 4) is 0 Å². The number of rotatable bonds is 6. The molecule has 0 aromatic heterocycles. The molecule has 1 N–H and O–H groups in total. The second kappa shape index (κ2) is 9.45. The van der Waals surface area contributed by atoms with Crippen molar-refractivity contribution in [2.24, 2.45) is 34.5 Å². The van der Waals surface area contributed by atoms with Gasteiger partial charge in [0.15, 0.2) is 8.32 Å². The maximum absolute atomic E-state index is 12.3. The van der Waals surface area contributed by atoms with Crippen molar-refractivity contribution < 1.29 is 23.9 Å². The third-order valence-electron chi connectivity index (χ3n) is 11.6. The number of aliphatic carboxylic acids is 1. The number of carboxylic acid groups (broad SMARTS) is 1. The van der Waals surface area contributed by atoms with Gasteiger partial charge in [0.2, 0.25) is 0 Å². The number of carbonyl (C=O) groups excluding carboxylic acids is 1. The van der Waals surface area contributed by atoms with Crippen molar-refractivity contribution in [3.05, 3.63) is 0 Å². The van der Waals surface area contributed by atoms with Gasteiger partial charge in [0, 0.05) is 11.5 Å². The summed E-state index contributed by atoms with van der Waals surface area (Å²) in [5.74, 6) is 1.62. The average Bonchev–Trinajstić information content (AvgIpc) is 3.07. The molecule has 0 aromatic carbocycles. The molecule has 0 aromatic rings. The van der Waals surface area contributed by atoms with Crippen LogP contribution in [0.3, 0.4) is 0 Å². The molecule has 0 aliphatic heterocycles. The van der Waals surface area contributed by atoms with E-state index < -0.39 is 14.3 Å². The Hall–Kier alpha value is -0.883. The summed E-state index contributed by atoms with van der Waals surface area (Å²) in [6.07, 6.45) is 11.0. The van der Waals surface area contributed by atoms with E-state index in [9.17, 15) is 9.59 Å². The highest BCUT2D eigenvalue weighted by Crippen LogP contribution is 2.66. The molecule has 4 saturated carbocycles. The van der Waals surface area contributed by atoms with E-state index in [0.29, 0.717) is 17.4 Å². The molecule has 0 spiro atoms. The lowest BCUT2D eigenvalue weighted by Gasteiger charge is -2.61. The molecule has 4 fully saturated rings. The van der Waals surface area contributed by atoms with Crippen LogP contribution in [0.2, 0.25) is 18.1 Å². The largest absolute Gasteiger partial charge is 0.481 e. The fraction of sp³-hybridized carbons (Fsp3) is 0.931. The normalized spacial score (nSPS) is 41.5. The number of carboxylic acids is 1. The fourth-order valence-electron chi connectivity index (χ4n) is 8.49. The molecule has 35 heavy (non-hydrogen) atoms. The van der Waals surface area contributed by atoms with E-state index in [2.05, 4.69) is 47.7 Å². The van der Waals surface area contributed by atoms with Gasteiger partial charge >= 0.3 is 11.9 Å². The predicted octanol–water partition coefficient (Wildman–Crippen LogP) is 7.20. The Bertz CT molecular complexity index is 818. The number of esters is 1. The Kier molecular flexibility index (Phi) is 7.33. The van der Waals surface area contributed by atoms with Gasteiger partial charge in [0.05, 0.1) is 12.8 Å². The van der Waals surface area contributed by atoms with E-state index in [1.807, 2.05) is 0 Å². The topological polar surface area (TPSA) is 72.8 Å². The summed E-state index contributed by atoms with van der Waals surface area (Å²) in [5, 5.41) is 9.16. The van der Waals surface area contributed by atoms with E-state index in [1.54, 1.807) is 0 Å². The highest BCUT2D eigenvalue weighted by atomic mass is 28.4. The Morgan fingerprint density at radius 2 is 1.57 bits per heavy atom. The van der Waals surface area contributed by atoms with Crippen LogP contribution in [0.25, 0.3) is 0 Å². The number of carbonyl (C=O) groups is 2. The molecular formula is C29H50O5Si. The van der Waals surface area contributed by atoms with Crippen LogP contribution in [0.15, 0.2) is 0 Å². The Morgan fingerprint density at radius 3 is 2.23 bits per heavy atom. The highest BCUT2D eigenvalue weighted by Gasteiger charge is 2.61. The lowest BCUT2D eigenvalue weighted by atomic mass is 9.45. The molecule has 1 unspecified atom stereocenters. The summed E-state index contributed by atoms with van der Waals surface area (Å²) < 4.78 is 12.8. The van der Waals surface area contributed by atoms with E-state index >= 15 is 0 Å². The summed E-state index contributed by atoms with van der Waals surface area (Å²) in [6.45, 7) is 16.8. The van der Waals surface area contributed by atoms with E-state index in [1.165, 1.54) is 38.5 Å². The third kappa shape index (κ3) is 5.00. The summed E-state index contributed by atoms with van der Waals surface area (Å²) in [7, 11) is -1.74. The van der Waals surface area contributed by atoms with Crippen molar-refractivity contribution in [2.45, 2.75) is 136 Å². The Labute approximate surface area is 214 Å². The minimum Gasteiger partial charge on any atom is -0.481 e. The van der Waals surface area contributed by atoms with Crippen molar-refractivity contribution in [1.82, 2.24) is 0 Å². The zero-order valence-electron chi connectivity index (χ0n) is 23.3. The summed E-state index contributed by atoms with van der Waals surface area (Å²) in [4.78, 5) is 23.2. The summed E-state index contributed by atoms with van der Waals surface area (Å²) in [5.41, 5.74) is 0.458. The van der Waals surface area contributed by atoms with Gasteiger partial charge in [-0.15, -0.1) is 0 Å². The van der Waals surface area contributed by atoms with Gasteiger partial charge in [-0.2, -0.15) is 0 Å². The van der Waals surface area contributed by atoms with Crippen molar-refractivity contribution in [3.63, 3.8) is 0 Å². The molecule has 0 saturated heterocycles. The minimum atomic E-state index is -1.74. The van der Waals surface area contributed by atoms with Gasteiger partial charge in [0.25, 0.3) is 0 Å². The Morgan fingerprint density at radius 1 is 0.914 bits per heavy atom. The summed E-state index contributed by atoms with van der Waals surface area (Å²) >= 11 is 0. The fourth-order valence-corrected chi connectivity index (χ4v) is 9.89. The Balaban J connectivity index is 1.41. The molecule has 6 heteroatoms. The zero-order chi connectivity index (χ0) is 25.8. The zero-order valence-corrected chi connectivity index (χ0v) is 24.3. The molecule has 0 heterocycles. The molecule has 4 aliphatic rings. The first-order valence-corrected chi connectivity index (χ1v) is 17.2. The first-order chi connectivity index (χ1) is 16.2. The van der Waals surface area contributed by atoms with Crippen LogP contribution in [0, 0.1) is 34.5 Å². The standard InChI is InChI=1S/C29H50O5Si/c1-27(2,3)35(6,7)34-20-14-16-28(4)19(18-20)8-9-21-22-10-11-24(29(22,5)17-15-23(21)28)33-26(32)13-12-25(30)31/h19-24H,8-18H2,1-7H3,(H,30,31)/t19-,20?,21-,22-,23-,24-,28-,29-/m0/s1. The molecular weight excluding hydrogens is 456 g/mol. The average molecular weight is 507 g/mol. The summed E-state index contributed by atoms with van der Waals surface area (Å²) in [6, 6.07) is 0. The minimum absolute atomic E-state index is 0.0174. The quantitative estimate of drug-likeness (QED) is 0.305. The van der Waals surface area contributed by atoms with Gasteiger partial charge in [0.1, 0.15) is 6.10 Å². The maximum atomic E-state index is 12.3. The van der Waals surface area contributed by atoms with Gasteiger partial charge in [-0.05, 0) is 105 Å². The SMILES string of the molecule is CC(C)(C)[Si](C)(C)OC1CC[C@@]2(C)[C@@H](CC[C@@H]3[C@@H]2CC[C@]2(C)[C@@H](OC(=O)CCC(=O)O)CC[C@@H]32)C1. The van der Waals surface area contributed by atoms with Gasteiger partial charge in [-0.1, -0.05) is 34.6 Å². The van der Waals surface area contributed by atoms with Crippen molar-refractivity contribution >= 4 is 20.3 Å². The van der Waals surface area contributed by atoms with Crippen LogP contribution in [0.5, 0.6) is 0 Å². The lowest BCUT2D eigenvalue weighted by molar-refractivity contribution is -0.166. The highest BCUT2D eigenvalue weighted by molar-refractivity contribution is 6.74. The number of fused-ring (bicyclic) bond motifs is 5. The smallest absolute Gasteiger partial charge is 0.306 e.